The smallest absolute Gasteiger partial charge is 0.236 e. The summed E-state index contributed by atoms with van der Waals surface area (Å²) in [4.78, 5) is 16.1. The number of aromatic nitrogens is 1. The lowest BCUT2D eigenvalue weighted by Crippen LogP contribution is -2.41. The van der Waals surface area contributed by atoms with Crippen LogP contribution in [0.3, 0.4) is 0 Å². The van der Waals surface area contributed by atoms with E-state index in [1.807, 2.05) is 6.92 Å². The normalized spacial score (nSPS) is 12.7. The van der Waals surface area contributed by atoms with Crippen molar-refractivity contribution < 1.29 is 4.79 Å². The lowest BCUT2D eigenvalue weighted by Gasteiger charge is -2.13. The number of nitrogens with one attached hydrogen (secondary N) is 1. The molecule has 0 radical (unpaired) electrons. The van der Waals surface area contributed by atoms with E-state index in [9.17, 15) is 4.79 Å². The van der Waals surface area contributed by atoms with Crippen LogP contribution in [0.5, 0.6) is 0 Å². The molecule has 3 N–H and O–H groups in total. The molecule has 0 aromatic carbocycles. The molecule has 0 aliphatic carbocycles. The van der Waals surface area contributed by atoms with Gasteiger partial charge in [-0.15, -0.1) is 11.3 Å². The van der Waals surface area contributed by atoms with Crippen molar-refractivity contribution in [2.75, 3.05) is 6.54 Å². The summed E-state index contributed by atoms with van der Waals surface area (Å²) in [5.41, 5.74) is 6.90. The Morgan fingerprint density at radius 3 is 2.79 bits per heavy atom. The summed E-state index contributed by atoms with van der Waals surface area (Å²) in [6.07, 6.45) is 3.75. The Kier molecular flexibility index (Phi) is 7.02. The molecule has 1 amide bonds. The van der Waals surface area contributed by atoms with E-state index in [0.717, 1.165) is 31.4 Å². The average Bonchev–Trinajstić information content (AvgIpc) is 2.73. The molecule has 108 valence electrons. The zero-order valence-electron chi connectivity index (χ0n) is 12.1. The summed E-state index contributed by atoms with van der Waals surface area (Å²) >= 11 is 1.71. The Bertz CT molecular complexity index is 390. The molecule has 0 spiro atoms. The summed E-state index contributed by atoms with van der Waals surface area (Å²) in [6, 6.07) is -0.374. The Morgan fingerprint density at radius 1 is 1.47 bits per heavy atom. The van der Waals surface area contributed by atoms with Crippen LogP contribution in [0.25, 0.3) is 0 Å². The zero-order valence-corrected chi connectivity index (χ0v) is 12.9. The van der Waals surface area contributed by atoms with Crippen LogP contribution in [0.15, 0.2) is 5.38 Å². The molecule has 19 heavy (non-hydrogen) atoms. The Labute approximate surface area is 119 Å². The van der Waals surface area contributed by atoms with Crippen LogP contribution >= 0.6 is 11.3 Å². The standard InChI is InChI=1S/C14H25N3OS/c1-10(2)8-12(15)14(18)16-7-5-4-6-13-17-11(3)9-19-13/h9-10,12H,4-8,15H2,1-3H3,(H,16,18)/t12-/m0/s1. The van der Waals surface area contributed by atoms with E-state index in [4.69, 9.17) is 5.73 Å². The monoisotopic (exact) mass is 283 g/mol. The molecule has 1 rings (SSSR count). The number of nitrogens with zero attached hydrogens (tertiary/aromatic N) is 1. The molecule has 0 bridgehead atoms. The molecular formula is C14H25N3OS. The lowest BCUT2D eigenvalue weighted by molar-refractivity contribution is -0.122. The van der Waals surface area contributed by atoms with Crippen molar-refractivity contribution in [2.45, 2.75) is 52.5 Å². The second-order valence-corrected chi connectivity index (χ2v) is 6.31. The van der Waals surface area contributed by atoms with Gasteiger partial charge in [0.2, 0.25) is 5.91 Å². The number of nitrogens with two attached hydrogens (primary N) is 1. The van der Waals surface area contributed by atoms with Gasteiger partial charge < -0.3 is 11.1 Å². The van der Waals surface area contributed by atoms with Crippen LogP contribution < -0.4 is 11.1 Å². The molecule has 0 aliphatic rings. The number of carbonyl (C=O) groups excluding carboxylic acids is 1. The van der Waals surface area contributed by atoms with Gasteiger partial charge in [-0.25, -0.2) is 4.98 Å². The first-order chi connectivity index (χ1) is 8.99. The first-order valence-electron chi connectivity index (χ1n) is 6.93. The van der Waals surface area contributed by atoms with Crippen LogP contribution in [-0.4, -0.2) is 23.5 Å². The second kappa shape index (κ2) is 8.27. The van der Waals surface area contributed by atoms with Crippen molar-refractivity contribution in [3.63, 3.8) is 0 Å². The van der Waals surface area contributed by atoms with Gasteiger partial charge in [0, 0.05) is 17.6 Å². The van der Waals surface area contributed by atoms with Crippen molar-refractivity contribution in [3.8, 4) is 0 Å². The summed E-state index contributed by atoms with van der Waals surface area (Å²) in [6.45, 7) is 6.86. The first kappa shape index (κ1) is 16.1. The highest BCUT2D eigenvalue weighted by Gasteiger charge is 2.13. The summed E-state index contributed by atoms with van der Waals surface area (Å²) in [5, 5.41) is 6.15. The number of thiazole rings is 1. The SMILES string of the molecule is Cc1csc(CCCCNC(=O)[C@@H](N)CC(C)C)n1. The van der Waals surface area contributed by atoms with Crippen molar-refractivity contribution in [2.24, 2.45) is 11.7 Å². The zero-order chi connectivity index (χ0) is 14.3. The number of aryl methyl sites for hydroxylation is 2. The first-order valence-corrected chi connectivity index (χ1v) is 7.81. The Hall–Kier alpha value is -0.940. The molecule has 0 unspecified atom stereocenters. The maximum absolute atomic E-state index is 11.7. The van der Waals surface area contributed by atoms with Crippen molar-refractivity contribution in [1.29, 1.82) is 0 Å². The number of hydrogen-bond acceptors (Lipinski definition) is 4. The van der Waals surface area contributed by atoms with Crippen molar-refractivity contribution >= 4 is 17.2 Å². The average molecular weight is 283 g/mol. The van der Waals surface area contributed by atoms with Gasteiger partial charge in [0.05, 0.1) is 11.0 Å². The second-order valence-electron chi connectivity index (χ2n) is 5.37. The van der Waals surface area contributed by atoms with Crippen molar-refractivity contribution in [1.82, 2.24) is 10.3 Å². The maximum Gasteiger partial charge on any atom is 0.236 e. The predicted octanol–water partition coefficient (Wildman–Crippen LogP) is 2.26. The largest absolute Gasteiger partial charge is 0.355 e. The molecule has 0 fully saturated rings. The van der Waals surface area contributed by atoms with Crippen LogP contribution in [0.4, 0.5) is 0 Å². The van der Waals surface area contributed by atoms with Gasteiger partial charge in [0.1, 0.15) is 0 Å². The molecule has 0 saturated carbocycles. The third-order valence-electron chi connectivity index (χ3n) is 2.85. The number of unbranched alkanes of at least 4 members (excludes halogenated alkanes) is 1. The van der Waals surface area contributed by atoms with E-state index in [1.165, 1.54) is 5.01 Å². The maximum atomic E-state index is 11.7. The van der Waals surface area contributed by atoms with Gasteiger partial charge in [-0.3, -0.25) is 4.79 Å². The van der Waals surface area contributed by atoms with E-state index in [-0.39, 0.29) is 11.9 Å². The Morgan fingerprint density at radius 2 is 2.21 bits per heavy atom. The quantitative estimate of drug-likeness (QED) is 0.719. The van der Waals surface area contributed by atoms with Crippen LogP contribution in [-0.2, 0) is 11.2 Å². The van der Waals surface area contributed by atoms with Gasteiger partial charge in [-0.2, -0.15) is 0 Å². The van der Waals surface area contributed by atoms with Crippen LogP contribution in [0, 0.1) is 12.8 Å². The minimum absolute atomic E-state index is 0.0289. The summed E-state index contributed by atoms with van der Waals surface area (Å²) in [5.74, 6) is 0.424. The van der Waals surface area contributed by atoms with Gasteiger partial charge in [-0.1, -0.05) is 13.8 Å². The lowest BCUT2D eigenvalue weighted by atomic mass is 10.0. The molecule has 1 aromatic rings. The van der Waals surface area contributed by atoms with Gasteiger partial charge in [0.15, 0.2) is 0 Å². The van der Waals surface area contributed by atoms with Gasteiger partial charge >= 0.3 is 0 Å². The van der Waals surface area contributed by atoms with Crippen molar-refractivity contribution in [3.05, 3.63) is 16.1 Å². The molecule has 4 nitrogen and oxygen atoms in total. The molecule has 0 saturated heterocycles. The molecule has 1 aromatic heterocycles. The predicted molar refractivity (Wildman–Crippen MR) is 80.2 cm³/mol. The highest BCUT2D eigenvalue weighted by atomic mass is 32.1. The Balaban J connectivity index is 2.08. The third-order valence-corrected chi connectivity index (χ3v) is 3.87. The minimum atomic E-state index is -0.374. The van der Waals surface area contributed by atoms with E-state index in [1.54, 1.807) is 11.3 Å². The molecular weight excluding hydrogens is 258 g/mol. The fourth-order valence-corrected chi connectivity index (χ4v) is 2.69. The minimum Gasteiger partial charge on any atom is -0.355 e. The molecule has 0 aliphatic heterocycles. The fourth-order valence-electron chi connectivity index (χ4n) is 1.88. The highest BCUT2D eigenvalue weighted by Crippen LogP contribution is 2.11. The van der Waals surface area contributed by atoms with E-state index >= 15 is 0 Å². The molecule has 1 heterocycles. The molecule has 5 heteroatoms. The van der Waals surface area contributed by atoms with Crippen LogP contribution in [0.1, 0.15) is 43.8 Å². The topological polar surface area (TPSA) is 68.0 Å². The number of amides is 1. The van der Waals surface area contributed by atoms with Crippen LogP contribution in [0.2, 0.25) is 0 Å². The highest BCUT2D eigenvalue weighted by molar-refractivity contribution is 7.09. The number of rotatable bonds is 8. The van der Waals surface area contributed by atoms with E-state index < -0.39 is 0 Å². The van der Waals surface area contributed by atoms with Gasteiger partial charge in [0.25, 0.3) is 0 Å². The summed E-state index contributed by atoms with van der Waals surface area (Å²) < 4.78 is 0. The number of carbonyl (C=O) groups is 1. The molecule has 1 atom stereocenters. The summed E-state index contributed by atoms with van der Waals surface area (Å²) in [7, 11) is 0. The number of hydrogen-bond donors (Lipinski definition) is 2. The van der Waals surface area contributed by atoms with E-state index in [2.05, 4.69) is 29.5 Å². The van der Waals surface area contributed by atoms with E-state index in [0.29, 0.717) is 12.5 Å². The van der Waals surface area contributed by atoms with Gasteiger partial charge in [-0.05, 0) is 38.5 Å². The third kappa shape index (κ3) is 6.68. The fraction of sp³-hybridized carbons (Fsp3) is 0.714.